The summed E-state index contributed by atoms with van der Waals surface area (Å²) in [6.07, 6.45) is 2.28. The first-order chi connectivity index (χ1) is 6.33. The van der Waals surface area contributed by atoms with Crippen LogP contribution in [0.3, 0.4) is 0 Å². The highest BCUT2D eigenvalue weighted by Crippen LogP contribution is 2.27. The average molecular weight is 177 g/mol. The van der Waals surface area contributed by atoms with Gasteiger partial charge in [0.05, 0.1) is 0 Å². The molecule has 1 heterocycles. The number of aromatic nitrogens is 1. The molecule has 0 aliphatic carbocycles. The first-order valence-corrected chi connectivity index (χ1v) is 4.21. The second-order valence-corrected chi connectivity index (χ2v) is 2.99. The third kappa shape index (κ3) is 1.27. The number of benzene rings is 1. The number of phenolic OH excluding ortho intramolecular Hbond substituents is 1. The van der Waals surface area contributed by atoms with Crippen LogP contribution in [-0.4, -0.2) is 21.8 Å². The minimum absolute atomic E-state index is 0.0590. The normalized spacial score (nSPS) is 10.8. The molecule has 3 heteroatoms. The first-order valence-electron chi connectivity index (χ1n) is 4.21. The largest absolute Gasteiger partial charge is 0.507 e. The van der Waals surface area contributed by atoms with Crippen LogP contribution >= 0.6 is 0 Å². The van der Waals surface area contributed by atoms with Gasteiger partial charge >= 0.3 is 0 Å². The molecule has 13 heavy (non-hydrogen) atoms. The average Bonchev–Trinajstić information content (AvgIpc) is 2.58. The second-order valence-electron chi connectivity index (χ2n) is 2.99. The van der Waals surface area contributed by atoms with Crippen LogP contribution in [0.1, 0.15) is 5.56 Å². The quantitative estimate of drug-likeness (QED) is 0.649. The van der Waals surface area contributed by atoms with E-state index in [-0.39, 0.29) is 12.4 Å². The summed E-state index contributed by atoms with van der Waals surface area (Å²) in [6, 6.07) is 5.55. The summed E-state index contributed by atoms with van der Waals surface area (Å²) in [6.45, 7) is 0.0590. The highest BCUT2D eigenvalue weighted by Gasteiger charge is 2.05. The maximum atomic E-state index is 9.74. The van der Waals surface area contributed by atoms with E-state index in [4.69, 9.17) is 5.11 Å². The summed E-state index contributed by atoms with van der Waals surface area (Å²) in [5.41, 5.74) is 1.70. The number of hydrogen-bond acceptors (Lipinski definition) is 2. The molecule has 0 radical (unpaired) electrons. The Labute approximate surface area is 75.6 Å². The predicted molar refractivity (Wildman–Crippen MR) is 50.8 cm³/mol. The molecule has 2 aromatic rings. The highest BCUT2D eigenvalue weighted by atomic mass is 16.3. The van der Waals surface area contributed by atoms with Gasteiger partial charge in [-0.2, -0.15) is 0 Å². The summed E-state index contributed by atoms with van der Waals surface area (Å²) >= 11 is 0. The number of phenols is 1. The van der Waals surface area contributed by atoms with Crippen molar-refractivity contribution in [1.82, 2.24) is 4.98 Å². The van der Waals surface area contributed by atoms with Gasteiger partial charge in [0.2, 0.25) is 0 Å². The Morgan fingerprint density at radius 1 is 1.23 bits per heavy atom. The van der Waals surface area contributed by atoms with E-state index in [1.807, 2.05) is 18.2 Å². The molecule has 2 rings (SSSR count). The van der Waals surface area contributed by atoms with Gasteiger partial charge in [0, 0.05) is 23.7 Å². The fourth-order valence-electron chi connectivity index (χ4n) is 1.48. The van der Waals surface area contributed by atoms with Crippen LogP contribution in [0, 0.1) is 0 Å². The fraction of sp³-hybridized carbons (Fsp3) is 0.200. The number of hydrogen-bond donors (Lipinski definition) is 3. The van der Waals surface area contributed by atoms with Crippen LogP contribution in [0.2, 0.25) is 0 Å². The van der Waals surface area contributed by atoms with Crippen LogP contribution in [-0.2, 0) is 6.42 Å². The van der Waals surface area contributed by atoms with Crippen molar-refractivity contribution in [2.24, 2.45) is 0 Å². The lowest BCUT2D eigenvalue weighted by atomic mass is 10.1. The van der Waals surface area contributed by atoms with Gasteiger partial charge in [-0.25, -0.2) is 0 Å². The van der Waals surface area contributed by atoms with E-state index < -0.39 is 0 Å². The maximum absolute atomic E-state index is 9.74. The van der Waals surface area contributed by atoms with Crippen molar-refractivity contribution in [2.45, 2.75) is 6.42 Å². The van der Waals surface area contributed by atoms with Gasteiger partial charge in [-0.15, -0.1) is 0 Å². The molecule has 0 saturated heterocycles. The molecule has 0 aliphatic rings. The van der Waals surface area contributed by atoms with E-state index >= 15 is 0 Å². The molecule has 1 aromatic heterocycles. The second kappa shape index (κ2) is 3.11. The van der Waals surface area contributed by atoms with Gasteiger partial charge < -0.3 is 15.2 Å². The van der Waals surface area contributed by atoms with Crippen LogP contribution in [0.15, 0.2) is 24.4 Å². The zero-order valence-electron chi connectivity index (χ0n) is 7.12. The van der Waals surface area contributed by atoms with E-state index in [1.165, 1.54) is 0 Å². The molecule has 0 fully saturated rings. The predicted octanol–water partition coefficient (Wildman–Crippen LogP) is 1.41. The molecule has 3 N–H and O–H groups in total. The van der Waals surface area contributed by atoms with Crippen molar-refractivity contribution in [1.29, 1.82) is 0 Å². The number of aliphatic hydroxyl groups excluding tert-OH is 1. The van der Waals surface area contributed by atoms with Crippen molar-refractivity contribution in [3.63, 3.8) is 0 Å². The van der Waals surface area contributed by atoms with Crippen molar-refractivity contribution in [3.05, 3.63) is 30.0 Å². The molecule has 68 valence electrons. The van der Waals surface area contributed by atoms with E-state index in [9.17, 15) is 5.11 Å². The number of aromatic amines is 1. The van der Waals surface area contributed by atoms with E-state index in [1.54, 1.807) is 6.20 Å². The van der Waals surface area contributed by atoms with E-state index in [2.05, 4.69) is 4.98 Å². The highest BCUT2D eigenvalue weighted by molar-refractivity contribution is 5.86. The smallest absolute Gasteiger partial charge is 0.128 e. The van der Waals surface area contributed by atoms with Gasteiger partial charge in [-0.1, -0.05) is 6.07 Å². The van der Waals surface area contributed by atoms with Crippen molar-refractivity contribution >= 4 is 10.9 Å². The standard InChI is InChI=1S/C10H11NO2/c12-6-4-7-1-2-9-8(10(7)13)3-5-11-9/h1-3,5,11-13H,4,6H2. The molecule has 0 spiro atoms. The van der Waals surface area contributed by atoms with Crippen molar-refractivity contribution in [3.8, 4) is 5.75 Å². The van der Waals surface area contributed by atoms with E-state index in [0.717, 1.165) is 16.5 Å². The Bertz CT molecular complexity index is 420. The minimum Gasteiger partial charge on any atom is -0.507 e. The molecule has 3 nitrogen and oxygen atoms in total. The van der Waals surface area contributed by atoms with Gasteiger partial charge in [0.1, 0.15) is 5.75 Å². The Morgan fingerprint density at radius 3 is 2.85 bits per heavy atom. The number of nitrogens with one attached hydrogen (secondary N) is 1. The summed E-state index contributed by atoms with van der Waals surface area (Å²) < 4.78 is 0. The molecule has 0 saturated carbocycles. The third-order valence-corrected chi connectivity index (χ3v) is 2.17. The molecule has 1 aromatic carbocycles. The van der Waals surface area contributed by atoms with Gasteiger partial charge in [0.25, 0.3) is 0 Å². The summed E-state index contributed by atoms with van der Waals surface area (Å²) in [4.78, 5) is 3.01. The minimum atomic E-state index is 0.0590. The topological polar surface area (TPSA) is 56.2 Å². The lowest BCUT2D eigenvalue weighted by Crippen LogP contribution is -1.90. The zero-order valence-corrected chi connectivity index (χ0v) is 7.12. The van der Waals surface area contributed by atoms with Crippen LogP contribution in [0.5, 0.6) is 5.75 Å². The SMILES string of the molecule is OCCc1ccc2[nH]ccc2c1O. The lowest BCUT2D eigenvalue weighted by molar-refractivity contribution is 0.297. The molecule has 0 amide bonds. The number of aromatic hydroxyl groups is 1. The number of rotatable bonds is 2. The van der Waals surface area contributed by atoms with Crippen LogP contribution in [0.25, 0.3) is 10.9 Å². The van der Waals surface area contributed by atoms with E-state index in [0.29, 0.717) is 6.42 Å². The zero-order chi connectivity index (χ0) is 9.26. The van der Waals surface area contributed by atoms with Gasteiger partial charge in [-0.3, -0.25) is 0 Å². The number of aliphatic hydroxyl groups is 1. The summed E-state index contributed by atoms with van der Waals surface area (Å²) in [5, 5.41) is 19.3. The Hall–Kier alpha value is -1.48. The first kappa shape index (κ1) is 8.13. The molecule has 0 bridgehead atoms. The molecule has 0 atom stereocenters. The fourth-order valence-corrected chi connectivity index (χ4v) is 1.48. The van der Waals surface area contributed by atoms with Crippen molar-refractivity contribution < 1.29 is 10.2 Å². The summed E-state index contributed by atoms with van der Waals surface area (Å²) in [5.74, 6) is 0.271. The Kier molecular flexibility index (Phi) is 1.94. The Balaban J connectivity index is 2.59. The number of H-pyrrole nitrogens is 1. The van der Waals surface area contributed by atoms with Crippen LogP contribution < -0.4 is 0 Å². The summed E-state index contributed by atoms with van der Waals surface area (Å²) in [7, 11) is 0. The van der Waals surface area contributed by atoms with Gasteiger partial charge in [0.15, 0.2) is 0 Å². The molecular weight excluding hydrogens is 166 g/mol. The third-order valence-electron chi connectivity index (χ3n) is 2.17. The Morgan fingerprint density at radius 2 is 2.08 bits per heavy atom. The molecule has 0 aliphatic heterocycles. The monoisotopic (exact) mass is 177 g/mol. The van der Waals surface area contributed by atoms with Crippen molar-refractivity contribution in [2.75, 3.05) is 6.61 Å². The molecule has 0 unspecified atom stereocenters. The van der Waals surface area contributed by atoms with Gasteiger partial charge in [-0.05, 0) is 24.1 Å². The molecular formula is C10H11NO2. The van der Waals surface area contributed by atoms with Crippen LogP contribution in [0.4, 0.5) is 0 Å². The maximum Gasteiger partial charge on any atom is 0.128 e. The number of fused-ring (bicyclic) bond motifs is 1. The lowest BCUT2D eigenvalue weighted by Gasteiger charge is -2.02.